The molecule has 0 fully saturated rings. The molecule has 1 N–H and O–H groups in total. The van der Waals surface area contributed by atoms with Gasteiger partial charge in [0.15, 0.2) is 0 Å². The lowest BCUT2D eigenvalue weighted by Crippen LogP contribution is -2.47. The summed E-state index contributed by atoms with van der Waals surface area (Å²) in [6, 6.07) is 12.3. The first-order valence-corrected chi connectivity index (χ1v) is 11.7. The van der Waals surface area contributed by atoms with E-state index < -0.39 is 16.1 Å². The van der Waals surface area contributed by atoms with E-state index in [2.05, 4.69) is 4.72 Å². The summed E-state index contributed by atoms with van der Waals surface area (Å²) in [5.74, 6) is 0.266. The highest BCUT2D eigenvalue weighted by molar-refractivity contribution is 7.98. The second-order valence-electron chi connectivity index (χ2n) is 5.76. The predicted octanol–water partition coefficient (Wildman–Crippen LogP) is 4.06. The minimum atomic E-state index is -4.03. The van der Waals surface area contributed by atoms with Crippen molar-refractivity contribution in [3.05, 3.63) is 58.6 Å². The molecular formula is C18H20Cl2N2O3S2. The first kappa shape index (κ1) is 22.0. The van der Waals surface area contributed by atoms with Crippen LogP contribution in [0.15, 0.2) is 53.4 Å². The van der Waals surface area contributed by atoms with E-state index in [4.69, 9.17) is 23.2 Å². The lowest BCUT2D eigenvalue weighted by molar-refractivity contribution is -0.119. The molecule has 146 valence electrons. The van der Waals surface area contributed by atoms with E-state index in [1.165, 1.54) is 34.9 Å². The summed E-state index contributed by atoms with van der Waals surface area (Å²) < 4.78 is 28.1. The van der Waals surface area contributed by atoms with Crippen molar-refractivity contribution in [1.29, 1.82) is 0 Å². The maximum atomic E-state index is 12.9. The van der Waals surface area contributed by atoms with Crippen LogP contribution < -0.4 is 9.62 Å². The fourth-order valence-electron chi connectivity index (χ4n) is 2.42. The highest BCUT2D eigenvalue weighted by atomic mass is 35.5. The quantitative estimate of drug-likeness (QED) is 0.663. The SMILES string of the molecule is CSCCC(NS(=O)(=O)c1cc(Cl)ccc1Cl)C(=O)N(C)c1ccccc1. The van der Waals surface area contributed by atoms with Gasteiger partial charge in [0.25, 0.3) is 0 Å². The van der Waals surface area contributed by atoms with Crippen LogP contribution >= 0.6 is 35.0 Å². The Hall–Kier alpha value is -1.25. The number of thioether (sulfide) groups is 1. The molecule has 0 saturated heterocycles. The van der Waals surface area contributed by atoms with E-state index in [1.807, 2.05) is 24.5 Å². The number of sulfonamides is 1. The number of para-hydroxylation sites is 1. The molecule has 0 aliphatic rings. The number of nitrogens with zero attached hydrogens (tertiary/aromatic N) is 1. The smallest absolute Gasteiger partial charge is 0.244 e. The Morgan fingerprint density at radius 2 is 1.85 bits per heavy atom. The fourth-order valence-corrected chi connectivity index (χ4v) is 4.87. The molecule has 0 aromatic heterocycles. The second-order valence-corrected chi connectivity index (χ2v) is 9.27. The molecule has 0 spiro atoms. The number of likely N-dealkylation sites (N-methyl/N-ethyl adjacent to an activating group) is 1. The van der Waals surface area contributed by atoms with E-state index in [0.717, 1.165) is 0 Å². The number of rotatable bonds is 8. The van der Waals surface area contributed by atoms with Crippen LogP contribution in [0.1, 0.15) is 6.42 Å². The highest BCUT2D eigenvalue weighted by Crippen LogP contribution is 2.25. The molecule has 0 aliphatic heterocycles. The highest BCUT2D eigenvalue weighted by Gasteiger charge is 2.29. The van der Waals surface area contributed by atoms with Crippen molar-refractivity contribution < 1.29 is 13.2 Å². The third-order valence-electron chi connectivity index (χ3n) is 3.86. The summed E-state index contributed by atoms with van der Waals surface area (Å²) >= 11 is 13.5. The van der Waals surface area contributed by atoms with Gasteiger partial charge in [-0.2, -0.15) is 16.5 Å². The molecule has 0 heterocycles. The van der Waals surface area contributed by atoms with Gasteiger partial charge in [0.1, 0.15) is 10.9 Å². The first-order valence-electron chi connectivity index (χ1n) is 8.05. The van der Waals surface area contributed by atoms with E-state index >= 15 is 0 Å². The third-order valence-corrected chi connectivity index (χ3v) is 6.70. The molecule has 1 atom stereocenters. The van der Waals surface area contributed by atoms with Crippen molar-refractivity contribution >= 4 is 56.6 Å². The number of hydrogen-bond acceptors (Lipinski definition) is 4. The summed E-state index contributed by atoms with van der Waals surface area (Å²) in [6.07, 6.45) is 2.24. The average Bonchev–Trinajstić information content (AvgIpc) is 2.66. The molecule has 5 nitrogen and oxygen atoms in total. The van der Waals surface area contributed by atoms with E-state index in [9.17, 15) is 13.2 Å². The molecular weight excluding hydrogens is 427 g/mol. The molecule has 0 saturated carbocycles. The van der Waals surface area contributed by atoms with Gasteiger partial charge in [-0.05, 0) is 48.8 Å². The molecule has 1 unspecified atom stereocenters. The van der Waals surface area contributed by atoms with Gasteiger partial charge in [-0.1, -0.05) is 41.4 Å². The molecule has 2 aromatic rings. The van der Waals surface area contributed by atoms with Crippen molar-refractivity contribution in [3.63, 3.8) is 0 Å². The Kier molecular flexibility index (Phi) is 8.00. The number of benzene rings is 2. The van der Waals surface area contributed by atoms with Crippen molar-refractivity contribution in [2.75, 3.05) is 24.0 Å². The van der Waals surface area contributed by atoms with Crippen LogP contribution in [-0.2, 0) is 14.8 Å². The molecule has 0 aliphatic carbocycles. The maximum absolute atomic E-state index is 12.9. The zero-order chi connectivity index (χ0) is 20.0. The largest absolute Gasteiger partial charge is 0.314 e. The number of carbonyl (C=O) groups is 1. The Bertz CT molecular complexity index is 893. The van der Waals surface area contributed by atoms with Gasteiger partial charge in [0.05, 0.1) is 5.02 Å². The summed E-state index contributed by atoms with van der Waals surface area (Å²) in [6.45, 7) is 0. The number of hydrogen-bond donors (Lipinski definition) is 1. The molecule has 2 aromatic carbocycles. The normalized spacial score (nSPS) is 12.6. The van der Waals surface area contributed by atoms with Crippen molar-refractivity contribution in [1.82, 2.24) is 4.72 Å². The summed E-state index contributed by atoms with van der Waals surface area (Å²) in [5, 5.41) is 0.285. The van der Waals surface area contributed by atoms with Crippen LogP contribution in [0, 0.1) is 0 Å². The Morgan fingerprint density at radius 3 is 2.48 bits per heavy atom. The number of nitrogens with one attached hydrogen (secondary N) is 1. The van der Waals surface area contributed by atoms with Crippen molar-refractivity contribution in [2.24, 2.45) is 0 Å². The molecule has 0 bridgehead atoms. The Labute approximate surface area is 174 Å². The van der Waals surface area contributed by atoms with Crippen LogP contribution in [0.2, 0.25) is 10.0 Å². The lowest BCUT2D eigenvalue weighted by Gasteiger charge is -2.24. The summed E-state index contributed by atoms with van der Waals surface area (Å²) in [7, 11) is -2.41. The van der Waals surface area contributed by atoms with Crippen LogP contribution in [-0.4, -0.2) is 39.4 Å². The molecule has 1 amide bonds. The minimum absolute atomic E-state index is 0.0411. The molecule has 27 heavy (non-hydrogen) atoms. The topological polar surface area (TPSA) is 66.5 Å². The fraction of sp³-hybridized carbons (Fsp3) is 0.278. The Balaban J connectivity index is 2.30. The third kappa shape index (κ3) is 5.86. The van der Waals surface area contributed by atoms with E-state index in [1.54, 1.807) is 19.2 Å². The standard InChI is InChI=1S/C18H20Cl2N2O3S2/c1-22(14-6-4-3-5-7-14)18(23)16(10-11-26-2)21-27(24,25)17-12-13(19)8-9-15(17)20/h3-9,12,16,21H,10-11H2,1-2H3. The van der Waals surface area contributed by atoms with Crippen LogP contribution in [0.3, 0.4) is 0 Å². The van der Waals surface area contributed by atoms with Crippen molar-refractivity contribution in [2.45, 2.75) is 17.4 Å². The van der Waals surface area contributed by atoms with Crippen molar-refractivity contribution in [3.8, 4) is 0 Å². The number of anilines is 1. The Morgan fingerprint density at radius 1 is 1.19 bits per heavy atom. The average molecular weight is 447 g/mol. The molecule has 9 heteroatoms. The molecule has 2 rings (SSSR count). The van der Waals surface area contributed by atoms with Crippen LogP contribution in [0.25, 0.3) is 0 Å². The van der Waals surface area contributed by atoms with E-state index in [-0.39, 0.29) is 20.8 Å². The lowest BCUT2D eigenvalue weighted by atomic mass is 10.2. The zero-order valence-corrected chi connectivity index (χ0v) is 18.0. The monoisotopic (exact) mass is 446 g/mol. The second kappa shape index (κ2) is 9.80. The van der Waals surface area contributed by atoms with Gasteiger partial charge in [-0.3, -0.25) is 4.79 Å². The van der Waals surface area contributed by atoms with Crippen LogP contribution in [0.5, 0.6) is 0 Å². The number of amides is 1. The summed E-state index contributed by atoms with van der Waals surface area (Å²) in [5.41, 5.74) is 0.677. The predicted molar refractivity (Wildman–Crippen MR) is 113 cm³/mol. The van der Waals surface area contributed by atoms with Gasteiger partial charge in [-0.25, -0.2) is 8.42 Å². The first-order chi connectivity index (χ1) is 12.8. The van der Waals surface area contributed by atoms with Gasteiger partial charge >= 0.3 is 0 Å². The maximum Gasteiger partial charge on any atom is 0.244 e. The van der Waals surface area contributed by atoms with Gasteiger partial charge in [0, 0.05) is 17.8 Å². The van der Waals surface area contributed by atoms with Gasteiger partial charge in [0.2, 0.25) is 15.9 Å². The van der Waals surface area contributed by atoms with E-state index in [0.29, 0.717) is 17.9 Å². The zero-order valence-electron chi connectivity index (χ0n) is 14.9. The minimum Gasteiger partial charge on any atom is -0.314 e. The number of halogens is 2. The van der Waals surface area contributed by atoms with Gasteiger partial charge < -0.3 is 4.90 Å². The van der Waals surface area contributed by atoms with Crippen LogP contribution in [0.4, 0.5) is 5.69 Å². The molecule has 0 radical (unpaired) electrons. The van der Waals surface area contributed by atoms with Gasteiger partial charge in [-0.15, -0.1) is 0 Å². The number of carbonyl (C=O) groups excluding carboxylic acids is 1. The summed E-state index contributed by atoms with van der Waals surface area (Å²) in [4.78, 5) is 14.2.